The van der Waals surface area contributed by atoms with Gasteiger partial charge in [0.1, 0.15) is 11.5 Å². The topological polar surface area (TPSA) is 77.8 Å². The van der Waals surface area contributed by atoms with Gasteiger partial charge in [-0.1, -0.05) is 0 Å². The summed E-state index contributed by atoms with van der Waals surface area (Å²) in [7, 11) is 0. The molecule has 15 heavy (non-hydrogen) atoms. The SMILES string of the molecule is O=C(O)CCCCc1cc(O)cc(O)c1. The van der Waals surface area contributed by atoms with Gasteiger partial charge in [0.2, 0.25) is 0 Å². The van der Waals surface area contributed by atoms with Crippen LogP contribution in [0.25, 0.3) is 0 Å². The van der Waals surface area contributed by atoms with Crippen LogP contribution in [0.15, 0.2) is 18.2 Å². The number of rotatable bonds is 5. The second kappa shape index (κ2) is 5.24. The Labute approximate surface area is 87.8 Å². The lowest BCUT2D eigenvalue weighted by atomic mass is 10.1. The molecule has 0 heterocycles. The Morgan fingerprint density at radius 3 is 2.20 bits per heavy atom. The van der Waals surface area contributed by atoms with E-state index < -0.39 is 5.97 Å². The van der Waals surface area contributed by atoms with E-state index in [-0.39, 0.29) is 17.9 Å². The average Bonchev–Trinajstić information content (AvgIpc) is 2.10. The summed E-state index contributed by atoms with van der Waals surface area (Å²) in [5.74, 6) is -0.736. The molecular weight excluding hydrogens is 196 g/mol. The van der Waals surface area contributed by atoms with Crippen molar-refractivity contribution >= 4 is 5.97 Å². The number of aromatic hydroxyl groups is 2. The molecule has 0 fully saturated rings. The molecule has 0 bridgehead atoms. The minimum Gasteiger partial charge on any atom is -0.508 e. The first-order valence-corrected chi connectivity index (χ1v) is 4.81. The molecule has 0 aliphatic heterocycles. The van der Waals surface area contributed by atoms with Crippen molar-refractivity contribution in [3.8, 4) is 11.5 Å². The molecule has 1 aromatic carbocycles. The van der Waals surface area contributed by atoms with Crippen LogP contribution in [0.4, 0.5) is 0 Å². The Morgan fingerprint density at radius 2 is 1.67 bits per heavy atom. The number of aryl methyl sites for hydroxylation is 1. The molecule has 0 aliphatic carbocycles. The van der Waals surface area contributed by atoms with Crippen molar-refractivity contribution in [1.82, 2.24) is 0 Å². The van der Waals surface area contributed by atoms with Gasteiger partial charge in [-0.05, 0) is 37.0 Å². The lowest BCUT2D eigenvalue weighted by Gasteiger charge is -2.02. The third kappa shape index (κ3) is 4.35. The van der Waals surface area contributed by atoms with Crippen LogP contribution in [-0.4, -0.2) is 21.3 Å². The first-order chi connectivity index (χ1) is 7.08. The van der Waals surface area contributed by atoms with Crippen molar-refractivity contribution in [2.24, 2.45) is 0 Å². The molecule has 0 saturated carbocycles. The van der Waals surface area contributed by atoms with Gasteiger partial charge < -0.3 is 15.3 Å². The highest BCUT2D eigenvalue weighted by Gasteiger charge is 2.00. The molecule has 0 amide bonds. The minimum absolute atomic E-state index is 0.0308. The fraction of sp³-hybridized carbons (Fsp3) is 0.364. The van der Waals surface area contributed by atoms with Crippen LogP contribution >= 0.6 is 0 Å². The van der Waals surface area contributed by atoms with Crippen molar-refractivity contribution in [1.29, 1.82) is 0 Å². The molecule has 0 radical (unpaired) electrons. The molecule has 0 aromatic heterocycles. The summed E-state index contributed by atoms with van der Waals surface area (Å²) in [6, 6.07) is 4.40. The number of unbranched alkanes of at least 4 members (excludes halogenated alkanes) is 1. The molecule has 0 aliphatic rings. The second-order valence-corrected chi connectivity index (χ2v) is 3.46. The fourth-order valence-corrected chi connectivity index (χ4v) is 1.41. The van der Waals surface area contributed by atoms with Crippen molar-refractivity contribution in [3.05, 3.63) is 23.8 Å². The van der Waals surface area contributed by atoms with E-state index in [2.05, 4.69) is 0 Å². The van der Waals surface area contributed by atoms with Crippen LogP contribution in [0, 0.1) is 0 Å². The average molecular weight is 210 g/mol. The lowest BCUT2D eigenvalue weighted by Crippen LogP contribution is -1.94. The van der Waals surface area contributed by atoms with E-state index in [0.717, 1.165) is 12.0 Å². The number of phenolic OH excluding ortho intramolecular Hbond substituents is 2. The largest absolute Gasteiger partial charge is 0.508 e. The highest BCUT2D eigenvalue weighted by atomic mass is 16.4. The van der Waals surface area contributed by atoms with Crippen LogP contribution in [0.3, 0.4) is 0 Å². The van der Waals surface area contributed by atoms with Gasteiger partial charge in [0.15, 0.2) is 0 Å². The van der Waals surface area contributed by atoms with E-state index in [4.69, 9.17) is 5.11 Å². The molecule has 0 unspecified atom stereocenters. The Bertz CT molecular complexity index is 326. The molecule has 82 valence electrons. The van der Waals surface area contributed by atoms with Gasteiger partial charge in [-0.15, -0.1) is 0 Å². The number of carboxylic acids is 1. The van der Waals surface area contributed by atoms with E-state index in [1.54, 1.807) is 12.1 Å². The molecule has 1 aromatic rings. The zero-order valence-electron chi connectivity index (χ0n) is 8.31. The van der Waals surface area contributed by atoms with E-state index in [1.807, 2.05) is 0 Å². The summed E-state index contributed by atoms with van der Waals surface area (Å²) in [5.41, 5.74) is 0.817. The van der Waals surface area contributed by atoms with Crippen LogP contribution in [0.2, 0.25) is 0 Å². The standard InChI is InChI=1S/C11H14O4/c12-9-5-8(6-10(13)7-9)3-1-2-4-11(14)15/h5-7,12-13H,1-4H2,(H,14,15). The monoisotopic (exact) mass is 210 g/mol. The van der Waals surface area contributed by atoms with E-state index in [9.17, 15) is 15.0 Å². The summed E-state index contributed by atoms with van der Waals surface area (Å²) in [5, 5.41) is 26.8. The lowest BCUT2D eigenvalue weighted by molar-refractivity contribution is -0.137. The number of phenols is 2. The van der Waals surface area contributed by atoms with Crippen LogP contribution in [-0.2, 0) is 11.2 Å². The highest BCUT2D eigenvalue weighted by Crippen LogP contribution is 2.21. The van der Waals surface area contributed by atoms with Crippen LogP contribution in [0.5, 0.6) is 11.5 Å². The quantitative estimate of drug-likeness (QED) is 0.648. The maximum absolute atomic E-state index is 10.2. The molecule has 4 nitrogen and oxygen atoms in total. The smallest absolute Gasteiger partial charge is 0.303 e. The van der Waals surface area contributed by atoms with Crippen LogP contribution in [0.1, 0.15) is 24.8 Å². The molecular formula is C11H14O4. The predicted octanol–water partition coefficient (Wildman–Crippen LogP) is 1.90. The summed E-state index contributed by atoms with van der Waals surface area (Å²) in [6.07, 6.45) is 2.15. The molecule has 0 atom stereocenters. The van der Waals surface area contributed by atoms with E-state index in [0.29, 0.717) is 12.8 Å². The molecule has 0 saturated heterocycles. The summed E-state index contributed by atoms with van der Waals surface area (Å²) >= 11 is 0. The van der Waals surface area contributed by atoms with Gasteiger partial charge in [-0.2, -0.15) is 0 Å². The van der Waals surface area contributed by atoms with Gasteiger partial charge in [-0.3, -0.25) is 4.79 Å². The van der Waals surface area contributed by atoms with E-state index >= 15 is 0 Å². The van der Waals surface area contributed by atoms with Crippen molar-refractivity contribution in [2.45, 2.75) is 25.7 Å². The summed E-state index contributed by atoms with van der Waals surface area (Å²) < 4.78 is 0. The van der Waals surface area contributed by atoms with Crippen molar-refractivity contribution in [3.63, 3.8) is 0 Å². The number of benzene rings is 1. The van der Waals surface area contributed by atoms with Crippen LogP contribution < -0.4 is 0 Å². The Hall–Kier alpha value is -1.71. The number of aliphatic carboxylic acids is 1. The maximum atomic E-state index is 10.2. The predicted molar refractivity (Wildman–Crippen MR) is 55.0 cm³/mol. The molecule has 1 rings (SSSR count). The Kier molecular flexibility index (Phi) is 3.97. The minimum atomic E-state index is -0.797. The van der Waals surface area contributed by atoms with Crippen molar-refractivity contribution in [2.75, 3.05) is 0 Å². The zero-order chi connectivity index (χ0) is 11.3. The van der Waals surface area contributed by atoms with Gasteiger partial charge >= 0.3 is 5.97 Å². The van der Waals surface area contributed by atoms with E-state index in [1.165, 1.54) is 6.07 Å². The summed E-state index contributed by atoms with van der Waals surface area (Å²) in [6.45, 7) is 0. The van der Waals surface area contributed by atoms with Gasteiger partial charge in [0.05, 0.1) is 0 Å². The summed E-state index contributed by atoms with van der Waals surface area (Å²) in [4.78, 5) is 10.2. The van der Waals surface area contributed by atoms with Crippen molar-refractivity contribution < 1.29 is 20.1 Å². The number of hydrogen-bond acceptors (Lipinski definition) is 3. The first kappa shape index (κ1) is 11.4. The second-order valence-electron chi connectivity index (χ2n) is 3.46. The van der Waals surface area contributed by atoms with Gasteiger partial charge in [0.25, 0.3) is 0 Å². The van der Waals surface area contributed by atoms with Gasteiger partial charge in [-0.25, -0.2) is 0 Å². The van der Waals surface area contributed by atoms with Gasteiger partial charge in [0, 0.05) is 12.5 Å². The first-order valence-electron chi connectivity index (χ1n) is 4.81. The number of carbonyl (C=O) groups is 1. The normalized spacial score (nSPS) is 10.1. The Morgan fingerprint density at radius 1 is 1.07 bits per heavy atom. The molecule has 4 heteroatoms. The molecule has 0 spiro atoms. The third-order valence-electron chi connectivity index (χ3n) is 2.07. The number of carboxylic acid groups (broad SMARTS) is 1. The molecule has 3 N–H and O–H groups in total. The number of hydrogen-bond donors (Lipinski definition) is 3. The Balaban J connectivity index is 2.40. The fourth-order valence-electron chi connectivity index (χ4n) is 1.41. The maximum Gasteiger partial charge on any atom is 0.303 e. The third-order valence-corrected chi connectivity index (χ3v) is 2.07. The highest BCUT2D eigenvalue weighted by molar-refractivity contribution is 5.66. The zero-order valence-corrected chi connectivity index (χ0v) is 8.31.